The van der Waals surface area contributed by atoms with Crippen LogP contribution in [0.15, 0.2) is 54.6 Å². The Bertz CT molecular complexity index is 1720. The maximum Gasteiger partial charge on any atom is 0.245 e. The maximum absolute atomic E-state index is 14.4. The molecule has 1 aliphatic rings. The van der Waals surface area contributed by atoms with E-state index in [-0.39, 0.29) is 53.7 Å². The highest BCUT2D eigenvalue weighted by Crippen LogP contribution is 2.30. The number of benzene rings is 2. The molecule has 346 valence electrons. The van der Waals surface area contributed by atoms with Gasteiger partial charge in [0.05, 0.1) is 42.7 Å². The number of carbonyl (C=O) groups excluding carboxylic acids is 5. The molecular weight excluding hydrogens is 787 g/mol. The normalized spacial score (nSPS) is 18.0. The minimum absolute atomic E-state index is 0.00107. The molecule has 0 bridgehead atoms. The number of hydrogen-bond donors (Lipinski definition) is 4. The lowest BCUT2D eigenvalue weighted by Gasteiger charge is -2.41. The number of ether oxygens (including phenoxy) is 2. The number of likely N-dealkylation sites (tertiary alicyclic amines) is 1. The molecule has 9 atom stereocenters. The van der Waals surface area contributed by atoms with Crippen molar-refractivity contribution in [1.82, 2.24) is 30.7 Å². The van der Waals surface area contributed by atoms with E-state index >= 15 is 0 Å². The Kier molecular flexibility index (Phi) is 20.8. The molecule has 62 heavy (non-hydrogen) atoms. The van der Waals surface area contributed by atoms with Crippen LogP contribution in [-0.2, 0) is 46.3 Å². The zero-order valence-electron chi connectivity index (χ0n) is 39.5. The van der Waals surface area contributed by atoms with E-state index in [9.17, 15) is 24.0 Å². The summed E-state index contributed by atoms with van der Waals surface area (Å²) in [4.78, 5) is 75.2. The number of anilines is 1. The summed E-state index contributed by atoms with van der Waals surface area (Å²) in [6.07, 6.45) is 1.67. The maximum atomic E-state index is 14.4. The first-order chi connectivity index (χ1) is 29.4. The lowest BCUT2D eigenvalue weighted by molar-refractivity contribution is -0.148. The molecule has 1 heterocycles. The largest absolute Gasteiger partial charge is 0.399 e. The summed E-state index contributed by atoms with van der Waals surface area (Å²) in [7, 11) is 8.54. The van der Waals surface area contributed by atoms with Crippen LogP contribution in [0.4, 0.5) is 5.69 Å². The van der Waals surface area contributed by atoms with Crippen LogP contribution in [0.25, 0.3) is 0 Å². The number of hydrogen-bond acceptors (Lipinski definition) is 9. The molecule has 0 aromatic heterocycles. The van der Waals surface area contributed by atoms with E-state index in [1.165, 1.54) is 0 Å². The van der Waals surface area contributed by atoms with Crippen molar-refractivity contribution in [3.05, 3.63) is 65.7 Å². The lowest BCUT2D eigenvalue weighted by Crippen LogP contribution is -2.59. The second-order valence-electron chi connectivity index (χ2n) is 18.0. The Balaban J connectivity index is 1.78. The van der Waals surface area contributed by atoms with Crippen LogP contribution in [0.3, 0.4) is 0 Å². The van der Waals surface area contributed by atoms with Gasteiger partial charge in [-0.25, -0.2) is 0 Å². The fraction of sp³-hybridized carbons (Fsp3) is 0.646. The third kappa shape index (κ3) is 14.2. The number of rotatable bonds is 24. The van der Waals surface area contributed by atoms with Gasteiger partial charge in [0.25, 0.3) is 0 Å². The number of nitrogens with one attached hydrogen (secondary N) is 3. The Morgan fingerprint density at radius 1 is 0.823 bits per heavy atom. The van der Waals surface area contributed by atoms with Crippen molar-refractivity contribution in [1.29, 1.82) is 0 Å². The highest BCUT2D eigenvalue weighted by atomic mass is 16.5. The number of nitrogens with zero attached hydrogens (tertiary/aromatic N) is 3. The van der Waals surface area contributed by atoms with Gasteiger partial charge in [-0.05, 0) is 74.4 Å². The fourth-order valence-electron chi connectivity index (χ4n) is 8.91. The lowest BCUT2D eigenvalue weighted by atomic mass is 9.89. The Hall–Kier alpha value is -4.53. The van der Waals surface area contributed by atoms with Gasteiger partial charge in [-0.15, -0.1) is 0 Å². The van der Waals surface area contributed by atoms with Crippen LogP contribution in [0.1, 0.15) is 85.3 Å². The summed E-state index contributed by atoms with van der Waals surface area (Å²) in [5, 5.41) is 9.05. The molecule has 1 fully saturated rings. The smallest absolute Gasteiger partial charge is 0.245 e. The van der Waals surface area contributed by atoms with E-state index in [2.05, 4.69) is 16.0 Å². The Morgan fingerprint density at radius 3 is 2.02 bits per heavy atom. The molecule has 0 saturated carbocycles. The summed E-state index contributed by atoms with van der Waals surface area (Å²) in [6.45, 7) is 14.5. The first-order valence-corrected chi connectivity index (χ1v) is 22.4. The number of likely N-dealkylation sites (N-methyl/N-ethyl adjacent to an activating group) is 2. The number of methoxy groups -OCH3 is 2. The van der Waals surface area contributed by atoms with Crippen molar-refractivity contribution in [2.45, 2.75) is 129 Å². The van der Waals surface area contributed by atoms with E-state index in [0.717, 1.165) is 24.0 Å². The first kappa shape index (κ1) is 51.8. The predicted octanol–water partition coefficient (Wildman–Crippen LogP) is 4.30. The Labute approximate surface area is 371 Å². The molecule has 2 aromatic rings. The minimum Gasteiger partial charge on any atom is -0.399 e. The van der Waals surface area contributed by atoms with Gasteiger partial charge >= 0.3 is 0 Å². The van der Waals surface area contributed by atoms with Crippen LogP contribution in [0.2, 0.25) is 0 Å². The van der Waals surface area contributed by atoms with Gasteiger partial charge in [-0.1, -0.05) is 97.4 Å². The summed E-state index contributed by atoms with van der Waals surface area (Å²) >= 11 is 0. The molecule has 5 amide bonds. The number of nitrogens with two attached hydrogens (primary N) is 1. The summed E-state index contributed by atoms with van der Waals surface area (Å²) < 4.78 is 12.1. The second kappa shape index (κ2) is 24.9. The highest BCUT2D eigenvalue weighted by molar-refractivity contribution is 5.90. The molecule has 0 spiro atoms. The van der Waals surface area contributed by atoms with Gasteiger partial charge in [0.1, 0.15) is 12.1 Å². The molecular formula is C48H77N7O7. The topological polar surface area (TPSA) is 176 Å². The van der Waals surface area contributed by atoms with Crippen LogP contribution in [-0.4, -0.2) is 135 Å². The van der Waals surface area contributed by atoms with E-state index in [1.54, 1.807) is 38.0 Å². The average Bonchev–Trinajstić information content (AvgIpc) is 3.72. The number of carbonyl (C=O) groups is 5. The third-order valence-corrected chi connectivity index (χ3v) is 12.6. The van der Waals surface area contributed by atoms with Crippen LogP contribution in [0.5, 0.6) is 0 Å². The third-order valence-electron chi connectivity index (χ3n) is 12.6. The standard InChI is InChI=1S/C48H77N7O7/c1-13-32(6)43(54(10)48(60)41(30(2)3)52-47(59)42(31(4)5)53(8)9)39(61-11)29-40(56)55-27-17-20-38(55)44(62-12)33(7)45(57)51-37(28-35-18-15-14-16-19-35)46(58)50-26-25-34-21-23-36(49)24-22-34/h14-16,18-19,21-24,30-33,37-39,41-44H,13,17,20,25-29,49H2,1-12H3,(H,50,58)(H,51,57)(H,52,59)/t32-,33+,37?,38-,39+,41?,42-,43?,44+/m0/s1. The minimum atomic E-state index is -0.842. The number of amides is 5. The molecule has 1 aliphatic heterocycles. The summed E-state index contributed by atoms with van der Waals surface area (Å²) in [5.74, 6) is -2.17. The molecule has 2 aromatic carbocycles. The van der Waals surface area contributed by atoms with E-state index < -0.39 is 48.3 Å². The predicted molar refractivity (Wildman–Crippen MR) is 245 cm³/mol. The van der Waals surface area contributed by atoms with Crippen LogP contribution >= 0.6 is 0 Å². The molecule has 5 N–H and O–H groups in total. The molecule has 1 saturated heterocycles. The van der Waals surface area contributed by atoms with E-state index in [4.69, 9.17) is 15.2 Å². The zero-order valence-corrected chi connectivity index (χ0v) is 39.5. The van der Waals surface area contributed by atoms with Gasteiger partial charge in [0.15, 0.2) is 0 Å². The van der Waals surface area contributed by atoms with Crippen LogP contribution < -0.4 is 21.7 Å². The highest BCUT2D eigenvalue weighted by Gasteiger charge is 2.43. The second-order valence-corrected chi connectivity index (χ2v) is 18.0. The van der Waals surface area contributed by atoms with Crippen molar-refractivity contribution >= 4 is 35.2 Å². The van der Waals surface area contributed by atoms with E-state index in [0.29, 0.717) is 38.0 Å². The van der Waals surface area contributed by atoms with Crippen LogP contribution in [0, 0.1) is 23.7 Å². The van der Waals surface area contributed by atoms with Crippen molar-refractivity contribution < 1.29 is 33.4 Å². The van der Waals surface area contributed by atoms with Gasteiger partial charge in [0.2, 0.25) is 29.5 Å². The first-order valence-electron chi connectivity index (χ1n) is 22.4. The Morgan fingerprint density at radius 2 is 1.47 bits per heavy atom. The fourth-order valence-corrected chi connectivity index (χ4v) is 8.91. The van der Waals surface area contributed by atoms with E-state index in [1.807, 2.05) is 115 Å². The summed E-state index contributed by atoms with van der Waals surface area (Å²) in [6, 6.07) is 14.1. The quantitative estimate of drug-likeness (QED) is 0.112. The SMILES string of the molecule is CC[C@H](C)C([C@@H](CC(=O)N1CCC[C@H]1[C@H](OC)[C@@H](C)C(=O)NC(Cc1ccccc1)C(=O)NCCc1ccc(N)cc1)OC)N(C)C(=O)C(NC(=O)[C@H](C(C)C)N(C)C)C(C)C. The van der Waals surface area contributed by atoms with Gasteiger partial charge in [-0.3, -0.25) is 28.9 Å². The zero-order chi connectivity index (χ0) is 46.3. The van der Waals surface area contributed by atoms with Gasteiger partial charge < -0.3 is 41.0 Å². The van der Waals surface area contributed by atoms with Gasteiger partial charge in [-0.2, -0.15) is 0 Å². The molecule has 3 unspecified atom stereocenters. The summed E-state index contributed by atoms with van der Waals surface area (Å²) in [5.41, 5.74) is 8.43. The van der Waals surface area contributed by atoms with Gasteiger partial charge in [0, 0.05) is 46.5 Å². The number of nitrogen functional groups attached to an aromatic ring is 1. The molecule has 3 rings (SSSR count). The average molecular weight is 864 g/mol. The van der Waals surface area contributed by atoms with Crippen molar-refractivity contribution in [2.75, 3.05) is 54.2 Å². The molecule has 14 nitrogen and oxygen atoms in total. The van der Waals surface area contributed by atoms with Crippen molar-refractivity contribution in [3.8, 4) is 0 Å². The molecule has 0 aliphatic carbocycles. The molecule has 14 heteroatoms. The van der Waals surface area contributed by atoms with Crippen molar-refractivity contribution in [3.63, 3.8) is 0 Å². The monoisotopic (exact) mass is 864 g/mol. The van der Waals surface area contributed by atoms with Crippen molar-refractivity contribution in [2.24, 2.45) is 23.7 Å². The molecule has 0 radical (unpaired) electrons.